The van der Waals surface area contributed by atoms with Crippen molar-refractivity contribution in [3.8, 4) is 0 Å². The summed E-state index contributed by atoms with van der Waals surface area (Å²) in [5, 5.41) is 3.02. The summed E-state index contributed by atoms with van der Waals surface area (Å²) in [4.78, 5) is 40.0. The Morgan fingerprint density at radius 2 is 0.831 bits per heavy atom. The molecule has 9 nitrogen and oxygen atoms in total. The number of phosphoric acid groups is 1. The molecule has 3 atom stereocenters. The SMILES string of the molecule is CC/C=C\C/C=C\C/C=C\C/C=C\C/C=C\CCCCCC(=O)OC(/C=C/CCCCCCCCCCC)C(COP(=O)([O-])OCC[N+](C)(C)C)NC(=O)CCCCCCCCCCCCC/C=C\C/C=C\CCCCC. The van der Waals surface area contributed by atoms with Crippen LogP contribution in [0.5, 0.6) is 0 Å². The minimum Gasteiger partial charge on any atom is -0.756 e. The lowest BCUT2D eigenvalue weighted by molar-refractivity contribution is -0.870. The van der Waals surface area contributed by atoms with Gasteiger partial charge in [0.2, 0.25) is 5.91 Å². The zero-order chi connectivity index (χ0) is 56.4. The number of likely N-dealkylation sites (N-methyl/N-ethyl adjacent to an activating group) is 1. The van der Waals surface area contributed by atoms with Crippen molar-refractivity contribution >= 4 is 19.7 Å². The molecular weight excluding hydrogens is 976 g/mol. The molecule has 0 heterocycles. The van der Waals surface area contributed by atoms with Crippen LogP contribution in [0.4, 0.5) is 0 Å². The van der Waals surface area contributed by atoms with E-state index in [1.165, 1.54) is 122 Å². The van der Waals surface area contributed by atoms with E-state index in [-0.39, 0.29) is 24.9 Å². The van der Waals surface area contributed by atoms with E-state index in [2.05, 4.69) is 111 Å². The summed E-state index contributed by atoms with van der Waals surface area (Å²) in [6, 6.07) is -0.908. The number of phosphoric ester groups is 1. The maximum Gasteiger partial charge on any atom is 0.306 e. The average molecular weight is 1100 g/mol. The third-order valence-corrected chi connectivity index (χ3v) is 14.5. The van der Waals surface area contributed by atoms with Crippen LogP contribution in [0.3, 0.4) is 0 Å². The quantitative estimate of drug-likeness (QED) is 0.0212. The molecule has 0 rings (SSSR count). The zero-order valence-corrected chi connectivity index (χ0v) is 51.5. The Balaban J connectivity index is 5.25. The van der Waals surface area contributed by atoms with E-state index in [9.17, 15) is 19.0 Å². The van der Waals surface area contributed by atoms with Gasteiger partial charge in [-0.25, -0.2) is 0 Å². The molecule has 0 saturated heterocycles. The van der Waals surface area contributed by atoms with E-state index < -0.39 is 26.6 Å². The molecule has 0 aromatic rings. The molecule has 0 aliphatic heterocycles. The maximum atomic E-state index is 13.5. The van der Waals surface area contributed by atoms with Crippen LogP contribution in [-0.4, -0.2) is 69.4 Å². The maximum absolute atomic E-state index is 13.5. The van der Waals surface area contributed by atoms with Crippen LogP contribution in [0.1, 0.15) is 265 Å². The van der Waals surface area contributed by atoms with Crippen LogP contribution in [0, 0.1) is 0 Å². The van der Waals surface area contributed by atoms with E-state index in [0.29, 0.717) is 23.9 Å². The topological polar surface area (TPSA) is 114 Å². The predicted octanol–water partition coefficient (Wildman–Crippen LogP) is 18.9. The standard InChI is InChI=1S/C67H119N2O7P/c1-7-10-13-16-19-22-25-27-29-31-33-34-36-37-39-41-44-47-50-53-56-59-66(70)68-64(63-75-77(72,73)74-62-61-69(4,5)6)65(58-55-52-49-46-43-24-21-18-15-12-9-3)76-67(71)60-57-54-51-48-45-42-40-38-35-32-30-28-26-23-20-17-14-11-8-2/h11,14,19-20,22-23,27-30,35,38,42,45,55,58,64-65H,7-10,12-13,15-18,21,24-26,31-34,36-37,39-41,43-44,46-54,56-57,59-63H2,1-6H3,(H-,68,70,72,73)/b14-11-,22-19-,23-20-,29-27-,30-28-,38-35-,45-42-,58-55+. The smallest absolute Gasteiger partial charge is 0.306 e. The van der Waals surface area contributed by atoms with Crippen molar-refractivity contribution in [1.82, 2.24) is 5.32 Å². The van der Waals surface area contributed by atoms with Crippen molar-refractivity contribution in [2.45, 2.75) is 277 Å². The molecular formula is C67H119N2O7P. The van der Waals surface area contributed by atoms with E-state index in [1.807, 2.05) is 33.3 Å². The second kappa shape index (κ2) is 56.2. The highest BCUT2D eigenvalue weighted by Crippen LogP contribution is 2.38. The lowest BCUT2D eigenvalue weighted by Crippen LogP contribution is -2.47. The normalized spacial score (nSPS) is 14.3. The fourth-order valence-corrected chi connectivity index (χ4v) is 9.36. The number of ether oxygens (including phenoxy) is 1. The minimum absolute atomic E-state index is 0.0324. The van der Waals surface area contributed by atoms with Crippen molar-refractivity contribution in [3.63, 3.8) is 0 Å². The molecule has 0 aliphatic rings. The fraction of sp³-hybridized carbons (Fsp3) is 0.731. The number of rotatable bonds is 56. The van der Waals surface area contributed by atoms with Crippen LogP contribution in [0.2, 0.25) is 0 Å². The first-order valence-electron chi connectivity index (χ1n) is 31.5. The number of nitrogens with one attached hydrogen (secondary N) is 1. The summed E-state index contributed by atoms with van der Waals surface area (Å²) in [6.07, 6.45) is 75.2. The van der Waals surface area contributed by atoms with Crippen LogP contribution in [0.15, 0.2) is 97.2 Å². The Kier molecular flexibility index (Phi) is 54.0. The van der Waals surface area contributed by atoms with Gasteiger partial charge in [-0.15, -0.1) is 0 Å². The second-order valence-electron chi connectivity index (χ2n) is 22.2. The molecule has 0 aromatic heterocycles. The van der Waals surface area contributed by atoms with Crippen LogP contribution in [0.25, 0.3) is 0 Å². The Morgan fingerprint density at radius 3 is 1.29 bits per heavy atom. The molecule has 0 aliphatic carbocycles. The first-order valence-corrected chi connectivity index (χ1v) is 33.0. The van der Waals surface area contributed by atoms with Gasteiger partial charge in [0.1, 0.15) is 19.3 Å². The molecule has 0 aromatic carbocycles. The largest absolute Gasteiger partial charge is 0.756 e. The van der Waals surface area contributed by atoms with Gasteiger partial charge in [0.25, 0.3) is 7.82 Å². The summed E-state index contributed by atoms with van der Waals surface area (Å²) in [6.45, 7) is 6.67. The van der Waals surface area contributed by atoms with Crippen LogP contribution in [-0.2, 0) is 27.9 Å². The van der Waals surface area contributed by atoms with Gasteiger partial charge in [-0.2, -0.15) is 0 Å². The molecule has 77 heavy (non-hydrogen) atoms. The molecule has 3 unspecified atom stereocenters. The van der Waals surface area contributed by atoms with E-state index >= 15 is 0 Å². The van der Waals surface area contributed by atoms with Gasteiger partial charge in [0.15, 0.2) is 0 Å². The lowest BCUT2D eigenvalue weighted by atomic mass is 10.0. The van der Waals surface area contributed by atoms with E-state index in [4.69, 9.17) is 13.8 Å². The predicted molar refractivity (Wildman–Crippen MR) is 330 cm³/mol. The van der Waals surface area contributed by atoms with Gasteiger partial charge in [-0.3, -0.25) is 14.2 Å². The number of nitrogens with zero attached hydrogens (tertiary/aromatic N) is 1. The highest BCUT2D eigenvalue weighted by atomic mass is 31.2. The van der Waals surface area contributed by atoms with Crippen molar-refractivity contribution < 1.29 is 37.3 Å². The van der Waals surface area contributed by atoms with E-state index in [1.54, 1.807) is 0 Å². The Labute approximate surface area is 475 Å². The Hall–Kier alpha value is -3.07. The summed E-state index contributed by atoms with van der Waals surface area (Å²) in [7, 11) is 1.15. The fourth-order valence-electron chi connectivity index (χ4n) is 8.64. The molecule has 1 N–H and O–H groups in total. The number of hydrogen-bond acceptors (Lipinski definition) is 7. The monoisotopic (exact) mass is 1090 g/mol. The van der Waals surface area contributed by atoms with Gasteiger partial charge in [0.05, 0.1) is 33.8 Å². The van der Waals surface area contributed by atoms with Crippen LogP contribution < -0.4 is 10.2 Å². The molecule has 0 bridgehead atoms. The first-order chi connectivity index (χ1) is 37.4. The number of carbonyl (C=O) groups excluding carboxylic acids is 2. The molecule has 444 valence electrons. The summed E-state index contributed by atoms with van der Waals surface area (Å²) >= 11 is 0. The van der Waals surface area contributed by atoms with Crippen molar-refractivity contribution in [3.05, 3.63) is 97.2 Å². The highest BCUT2D eigenvalue weighted by Gasteiger charge is 2.27. The lowest BCUT2D eigenvalue weighted by Gasteiger charge is -2.30. The summed E-state index contributed by atoms with van der Waals surface area (Å²) < 4.78 is 30.3. The van der Waals surface area contributed by atoms with Crippen molar-refractivity contribution in [2.24, 2.45) is 0 Å². The zero-order valence-electron chi connectivity index (χ0n) is 50.6. The third kappa shape index (κ3) is 57.4. The van der Waals surface area contributed by atoms with Gasteiger partial charge in [0, 0.05) is 12.8 Å². The molecule has 1 amide bonds. The van der Waals surface area contributed by atoms with Crippen LogP contribution >= 0.6 is 7.82 Å². The highest BCUT2D eigenvalue weighted by molar-refractivity contribution is 7.45. The van der Waals surface area contributed by atoms with Gasteiger partial charge >= 0.3 is 5.97 Å². The van der Waals surface area contributed by atoms with E-state index in [0.717, 1.165) is 103 Å². The summed E-state index contributed by atoms with van der Waals surface area (Å²) in [5.74, 6) is -0.583. The van der Waals surface area contributed by atoms with Crippen molar-refractivity contribution in [2.75, 3.05) is 40.9 Å². The van der Waals surface area contributed by atoms with Gasteiger partial charge in [-0.1, -0.05) is 240 Å². The first kappa shape index (κ1) is 73.9. The summed E-state index contributed by atoms with van der Waals surface area (Å²) in [5.41, 5.74) is 0. The molecule has 0 saturated carbocycles. The Morgan fingerprint density at radius 1 is 0.468 bits per heavy atom. The van der Waals surface area contributed by atoms with Crippen molar-refractivity contribution in [1.29, 1.82) is 0 Å². The molecule has 10 heteroatoms. The second-order valence-corrected chi connectivity index (χ2v) is 23.6. The van der Waals surface area contributed by atoms with Gasteiger partial charge in [-0.05, 0) is 109 Å². The minimum atomic E-state index is -4.71. The number of allylic oxidation sites excluding steroid dienone is 15. The number of amides is 1. The molecule has 0 radical (unpaired) electrons. The third-order valence-electron chi connectivity index (χ3n) is 13.5. The molecule has 0 fully saturated rings. The van der Waals surface area contributed by atoms with Gasteiger partial charge < -0.3 is 28.5 Å². The average Bonchev–Trinajstić information content (AvgIpc) is 3.39. The Bertz CT molecular complexity index is 1640. The number of quaternary nitrogens is 1. The number of unbranched alkanes of at least 4 members (excludes halogenated alkanes) is 26. The number of esters is 1. The molecule has 0 spiro atoms. The number of hydrogen-bond donors (Lipinski definition) is 1. The number of carbonyl (C=O) groups is 2.